The topological polar surface area (TPSA) is 101 Å². The lowest BCUT2D eigenvalue weighted by Crippen LogP contribution is -2.33. The van der Waals surface area contributed by atoms with Gasteiger partial charge in [-0.1, -0.05) is 0 Å². The number of carbonyl (C=O) groups excluding carboxylic acids is 1. The zero-order valence-electron chi connectivity index (χ0n) is 10.0. The van der Waals surface area contributed by atoms with E-state index in [1.54, 1.807) is 6.92 Å². The Morgan fingerprint density at radius 1 is 1.56 bits per heavy atom. The van der Waals surface area contributed by atoms with Crippen molar-refractivity contribution < 1.29 is 14.6 Å². The van der Waals surface area contributed by atoms with Gasteiger partial charge >= 0.3 is 5.69 Å². The summed E-state index contributed by atoms with van der Waals surface area (Å²) in [6.07, 6.45) is -1.10. The van der Waals surface area contributed by atoms with Crippen LogP contribution in [0.5, 0.6) is 0 Å². The van der Waals surface area contributed by atoms with Crippen LogP contribution in [0.15, 0.2) is 15.8 Å². The van der Waals surface area contributed by atoms with E-state index >= 15 is 0 Å². The highest BCUT2D eigenvalue weighted by atomic mass is 16.5. The molecule has 18 heavy (non-hydrogen) atoms. The molecule has 0 radical (unpaired) electrons. The Hall–Kier alpha value is -1.73. The number of ketones is 1. The number of nitrogens with zero attached hydrogens (tertiary/aromatic N) is 1. The SMILES string of the molecule is CC(=O)[C@H]1O[C@@H](n2cc(C)c(=O)[nH]c2=O)C[C@@H]1O. The first-order chi connectivity index (χ1) is 8.40. The second-order valence-electron chi connectivity index (χ2n) is 4.40. The van der Waals surface area contributed by atoms with Gasteiger partial charge in [0.1, 0.15) is 12.3 Å². The van der Waals surface area contributed by atoms with Gasteiger partial charge in [0.25, 0.3) is 5.56 Å². The predicted octanol–water partition coefficient (Wildman–Crippen LogP) is -0.918. The van der Waals surface area contributed by atoms with Crippen LogP contribution in [0.1, 0.15) is 25.1 Å². The van der Waals surface area contributed by atoms with E-state index in [-0.39, 0.29) is 12.2 Å². The molecule has 1 aliphatic heterocycles. The smallest absolute Gasteiger partial charge is 0.330 e. The van der Waals surface area contributed by atoms with Gasteiger partial charge in [0.15, 0.2) is 5.78 Å². The van der Waals surface area contributed by atoms with Crippen LogP contribution in [0.25, 0.3) is 0 Å². The molecule has 0 bridgehead atoms. The summed E-state index contributed by atoms with van der Waals surface area (Å²) in [5, 5.41) is 9.67. The molecule has 0 aromatic carbocycles. The summed E-state index contributed by atoms with van der Waals surface area (Å²) in [6, 6.07) is 0. The van der Waals surface area contributed by atoms with Crippen LogP contribution in [-0.4, -0.2) is 32.6 Å². The molecule has 1 fully saturated rings. The number of aliphatic hydroxyl groups excluding tert-OH is 1. The maximum atomic E-state index is 11.6. The summed E-state index contributed by atoms with van der Waals surface area (Å²) in [5.74, 6) is -0.292. The van der Waals surface area contributed by atoms with Gasteiger partial charge in [-0.2, -0.15) is 0 Å². The molecular weight excluding hydrogens is 240 g/mol. The van der Waals surface area contributed by atoms with Gasteiger partial charge in [0.2, 0.25) is 0 Å². The number of hydrogen-bond donors (Lipinski definition) is 2. The maximum absolute atomic E-state index is 11.6. The molecule has 0 unspecified atom stereocenters. The van der Waals surface area contributed by atoms with E-state index in [0.717, 1.165) is 0 Å². The number of ether oxygens (including phenoxy) is 1. The summed E-state index contributed by atoms with van der Waals surface area (Å²) >= 11 is 0. The Balaban J connectivity index is 2.35. The Labute approximate surface area is 102 Å². The lowest BCUT2D eigenvalue weighted by Gasteiger charge is -2.14. The summed E-state index contributed by atoms with van der Waals surface area (Å²) < 4.78 is 6.52. The summed E-state index contributed by atoms with van der Waals surface area (Å²) in [7, 11) is 0. The molecule has 0 aliphatic carbocycles. The van der Waals surface area contributed by atoms with E-state index in [1.807, 2.05) is 0 Å². The molecule has 2 heterocycles. The minimum Gasteiger partial charge on any atom is -0.390 e. The fourth-order valence-corrected chi connectivity index (χ4v) is 1.99. The normalized spacial score (nSPS) is 27.4. The second-order valence-corrected chi connectivity index (χ2v) is 4.40. The molecule has 1 aliphatic rings. The molecule has 1 aromatic rings. The third-order valence-corrected chi connectivity index (χ3v) is 2.95. The Morgan fingerprint density at radius 2 is 2.22 bits per heavy atom. The zero-order valence-corrected chi connectivity index (χ0v) is 10.0. The van der Waals surface area contributed by atoms with Gasteiger partial charge in [-0.3, -0.25) is 19.1 Å². The van der Waals surface area contributed by atoms with Crippen LogP contribution >= 0.6 is 0 Å². The van der Waals surface area contributed by atoms with E-state index in [0.29, 0.717) is 5.56 Å². The monoisotopic (exact) mass is 254 g/mol. The average molecular weight is 254 g/mol. The van der Waals surface area contributed by atoms with Gasteiger partial charge in [-0.25, -0.2) is 4.79 Å². The number of hydrogen-bond acceptors (Lipinski definition) is 5. The van der Waals surface area contributed by atoms with Crippen molar-refractivity contribution in [1.82, 2.24) is 9.55 Å². The average Bonchev–Trinajstić information content (AvgIpc) is 2.65. The van der Waals surface area contributed by atoms with Crippen LogP contribution in [0, 0.1) is 6.92 Å². The number of aromatic amines is 1. The molecule has 2 N–H and O–H groups in total. The minimum atomic E-state index is -0.938. The number of H-pyrrole nitrogens is 1. The van der Waals surface area contributed by atoms with Gasteiger partial charge < -0.3 is 9.84 Å². The minimum absolute atomic E-state index is 0.135. The quantitative estimate of drug-likeness (QED) is 0.711. The molecule has 1 aromatic heterocycles. The van der Waals surface area contributed by atoms with Crippen LogP contribution in [0.3, 0.4) is 0 Å². The third-order valence-electron chi connectivity index (χ3n) is 2.95. The first kappa shape index (κ1) is 12.7. The van der Waals surface area contributed by atoms with Crippen molar-refractivity contribution >= 4 is 5.78 Å². The Kier molecular flexibility index (Phi) is 3.18. The number of nitrogens with one attached hydrogen (secondary N) is 1. The fourth-order valence-electron chi connectivity index (χ4n) is 1.99. The molecule has 1 saturated heterocycles. The number of aromatic nitrogens is 2. The number of rotatable bonds is 2. The second kappa shape index (κ2) is 4.51. The van der Waals surface area contributed by atoms with Gasteiger partial charge in [0.05, 0.1) is 6.10 Å². The van der Waals surface area contributed by atoms with Crippen molar-refractivity contribution in [2.75, 3.05) is 0 Å². The molecule has 7 nitrogen and oxygen atoms in total. The standard InChI is InChI=1S/C11H14N2O5/c1-5-4-13(11(17)12-10(5)16)8-3-7(15)9(18-8)6(2)14/h4,7-9,15H,3H2,1-2H3,(H,12,16,17)/t7-,8+,9+/m0/s1. The number of Topliss-reactive ketones (excluding diaryl/α,β-unsaturated/α-hetero) is 1. The summed E-state index contributed by atoms with van der Waals surface area (Å²) in [6.45, 7) is 2.87. The third kappa shape index (κ3) is 2.14. The van der Waals surface area contributed by atoms with E-state index in [2.05, 4.69) is 4.98 Å². The van der Waals surface area contributed by atoms with Crippen molar-refractivity contribution in [2.24, 2.45) is 0 Å². The van der Waals surface area contributed by atoms with Gasteiger partial charge in [0, 0.05) is 18.2 Å². The highest BCUT2D eigenvalue weighted by molar-refractivity contribution is 5.81. The summed E-state index contributed by atoms with van der Waals surface area (Å²) in [5.41, 5.74) is -0.719. The first-order valence-corrected chi connectivity index (χ1v) is 5.56. The lowest BCUT2D eigenvalue weighted by molar-refractivity contribution is -0.133. The van der Waals surface area contributed by atoms with E-state index in [1.165, 1.54) is 17.7 Å². The number of carbonyl (C=O) groups is 1. The van der Waals surface area contributed by atoms with Crippen LogP contribution in [0.2, 0.25) is 0 Å². The number of aliphatic hydroxyl groups is 1. The molecule has 0 spiro atoms. The molecule has 2 rings (SSSR count). The van der Waals surface area contributed by atoms with E-state index in [9.17, 15) is 19.5 Å². The molecule has 0 amide bonds. The van der Waals surface area contributed by atoms with Crippen LogP contribution < -0.4 is 11.2 Å². The van der Waals surface area contributed by atoms with Gasteiger partial charge in [-0.05, 0) is 13.8 Å². The summed E-state index contributed by atoms with van der Waals surface area (Å²) in [4.78, 5) is 36.2. The fraction of sp³-hybridized carbons (Fsp3) is 0.545. The van der Waals surface area contributed by atoms with Crippen molar-refractivity contribution in [1.29, 1.82) is 0 Å². The van der Waals surface area contributed by atoms with Crippen molar-refractivity contribution in [2.45, 2.75) is 38.7 Å². The largest absolute Gasteiger partial charge is 0.390 e. The Bertz CT molecular complexity index is 588. The van der Waals surface area contributed by atoms with Crippen molar-refractivity contribution in [3.63, 3.8) is 0 Å². The molecule has 3 atom stereocenters. The molecule has 98 valence electrons. The maximum Gasteiger partial charge on any atom is 0.330 e. The molecule has 0 saturated carbocycles. The number of aryl methyl sites for hydroxylation is 1. The molecular formula is C11H14N2O5. The van der Waals surface area contributed by atoms with Crippen molar-refractivity contribution in [3.05, 3.63) is 32.6 Å². The van der Waals surface area contributed by atoms with Crippen LogP contribution in [0.4, 0.5) is 0 Å². The van der Waals surface area contributed by atoms with E-state index < -0.39 is 29.7 Å². The molecule has 7 heteroatoms. The Morgan fingerprint density at radius 3 is 2.78 bits per heavy atom. The van der Waals surface area contributed by atoms with Gasteiger partial charge in [-0.15, -0.1) is 0 Å². The lowest BCUT2D eigenvalue weighted by atomic mass is 10.1. The van der Waals surface area contributed by atoms with E-state index in [4.69, 9.17) is 4.74 Å². The predicted molar refractivity (Wildman–Crippen MR) is 61.3 cm³/mol. The van der Waals surface area contributed by atoms with Crippen LogP contribution in [-0.2, 0) is 9.53 Å². The first-order valence-electron chi connectivity index (χ1n) is 5.56. The van der Waals surface area contributed by atoms with Crippen molar-refractivity contribution in [3.8, 4) is 0 Å². The zero-order chi connectivity index (χ0) is 13.4. The highest BCUT2D eigenvalue weighted by Gasteiger charge is 2.38. The highest BCUT2D eigenvalue weighted by Crippen LogP contribution is 2.27.